The molecule has 128 valence electrons. The Morgan fingerprint density at radius 1 is 0.760 bits per heavy atom. The lowest BCUT2D eigenvalue weighted by molar-refractivity contribution is -0.114. The van der Waals surface area contributed by atoms with Gasteiger partial charge >= 0.3 is 0 Å². The molecule has 0 aliphatic rings. The van der Waals surface area contributed by atoms with Crippen LogP contribution in [-0.4, -0.2) is 17.6 Å². The molecule has 2 aromatic carbocycles. The van der Waals surface area contributed by atoms with Gasteiger partial charge in [-0.15, -0.1) is 0 Å². The third-order valence-corrected chi connectivity index (χ3v) is 3.37. The number of amides is 2. The van der Waals surface area contributed by atoms with Crippen molar-refractivity contribution in [1.82, 2.24) is 0 Å². The Kier molecular flexibility index (Phi) is 6.23. The van der Waals surface area contributed by atoms with E-state index in [-0.39, 0.29) is 17.6 Å². The van der Waals surface area contributed by atoms with E-state index in [0.29, 0.717) is 5.69 Å². The smallest absolute Gasteiger partial charge is 0.248 e. The van der Waals surface area contributed by atoms with Crippen LogP contribution in [0.4, 0.5) is 11.4 Å². The minimum Gasteiger partial charge on any atom is -0.326 e. The molecule has 0 unspecified atom stereocenters. The van der Waals surface area contributed by atoms with Gasteiger partial charge in [0.05, 0.1) is 0 Å². The Bertz CT molecular complexity index is 791. The topological polar surface area (TPSA) is 75.3 Å². The van der Waals surface area contributed by atoms with E-state index in [9.17, 15) is 14.4 Å². The number of rotatable bonds is 6. The van der Waals surface area contributed by atoms with Crippen LogP contribution in [0.2, 0.25) is 0 Å². The van der Waals surface area contributed by atoms with Crippen molar-refractivity contribution < 1.29 is 14.4 Å². The van der Waals surface area contributed by atoms with Gasteiger partial charge < -0.3 is 10.6 Å². The molecule has 0 atom stereocenters. The van der Waals surface area contributed by atoms with Crippen LogP contribution in [0.3, 0.4) is 0 Å². The van der Waals surface area contributed by atoms with Crippen LogP contribution in [0.5, 0.6) is 0 Å². The van der Waals surface area contributed by atoms with Crippen LogP contribution in [-0.2, 0) is 20.8 Å². The molecule has 5 heteroatoms. The minimum atomic E-state index is -0.337. The fraction of sp³-hybridized carbons (Fsp3) is 0.150. The van der Waals surface area contributed by atoms with Crippen molar-refractivity contribution in [1.29, 1.82) is 0 Å². The predicted molar refractivity (Wildman–Crippen MR) is 98.4 cm³/mol. The lowest BCUT2D eigenvalue weighted by atomic mass is 10.0. The fourth-order valence-electron chi connectivity index (χ4n) is 2.23. The van der Waals surface area contributed by atoms with Crippen molar-refractivity contribution in [2.45, 2.75) is 20.3 Å². The molecule has 2 aromatic rings. The van der Waals surface area contributed by atoms with E-state index >= 15 is 0 Å². The molecule has 0 aromatic heterocycles. The maximum Gasteiger partial charge on any atom is 0.248 e. The van der Waals surface area contributed by atoms with E-state index in [4.69, 9.17) is 0 Å². The summed E-state index contributed by atoms with van der Waals surface area (Å²) >= 11 is 0. The number of hydrogen-bond acceptors (Lipinski definition) is 3. The first-order chi connectivity index (χ1) is 11.9. The Morgan fingerprint density at radius 3 is 1.68 bits per heavy atom. The van der Waals surface area contributed by atoms with Gasteiger partial charge in [-0.2, -0.15) is 0 Å². The molecule has 25 heavy (non-hydrogen) atoms. The van der Waals surface area contributed by atoms with Gasteiger partial charge in [0, 0.05) is 24.4 Å². The van der Waals surface area contributed by atoms with Crippen molar-refractivity contribution in [2.24, 2.45) is 0 Å². The summed E-state index contributed by atoms with van der Waals surface area (Å²) in [6.07, 6.45) is 3.19. The molecule has 0 spiro atoms. The van der Waals surface area contributed by atoms with Gasteiger partial charge in [-0.3, -0.25) is 14.4 Å². The van der Waals surface area contributed by atoms with Crippen LogP contribution in [0.25, 0.3) is 0 Å². The van der Waals surface area contributed by atoms with Crippen molar-refractivity contribution in [3.05, 3.63) is 71.8 Å². The summed E-state index contributed by atoms with van der Waals surface area (Å²) in [5, 5.41) is 5.43. The second kappa shape index (κ2) is 8.59. The maximum absolute atomic E-state index is 11.6. The van der Waals surface area contributed by atoms with Gasteiger partial charge in [-0.25, -0.2) is 0 Å². The lowest BCUT2D eigenvalue weighted by Crippen LogP contribution is -2.08. The largest absolute Gasteiger partial charge is 0.326 e. The highest BCUT2D eigenvalue weighted by molar-refractivity contribution is 6.03. The third kappa shape index (κ3) is 6.43. The second-order valence-corrected chi connectivity index (χ2v) is 5.69. The lowest BCUT2D eigenvalue weighted by Gasteiger charge is -2.07. The number of anilines is 2. The molecule has 2 amide bonds. The highest BCUT2D eigenvalue weighted by atomic mass is 16.2. The summed E-state index contributed by atoms with van der Waals surface area (Å²) < 4.78 is 0. The van der Waals surface area contributed by atoms with Crippen LogP contribution in [0, 0.1) is 0 Å². The zero-order valence-electron chi connectivity index (χ0n) is 14.2. The van der Waals surface area contributed by atoms with Crippen LogP contribution >= 0.6 is 0 Å². The van der Waals surface area contributed by atoms with Crippen LogP contribution in [0.1, 0.15) is 25.0 Å². The molecular weight excluding hydrogens is 316 g/mol. The molecule has 0 aliphatic heterocycles. The highest BCUT2D eigenvalue weighted by Gasteiger charge is 2.01. The fourth-order valence-corrected chi connectivity index (χ4v) is 2.23. The zero-order valence-corrected chi connectivity index (χ0v) is 14.2. The van der Waals surface area contributed by atoms with Gasteiger partial charge in [0.15, 0.2) is 5.78 Å². The second-order valence-electron chi connectivity index (χ2n) is 5.69. The molecule has 0 bridgehead atoms. The monoisotopic (exact) mass is 336 g/mol. The molecule has 0 saturated carbocycles. The quantitative estimate of drug-likeness (QED) is 0.795. The molecular formula is C20H20N2O3. The first kappa shape index (κ1) is 18.1. The molecule has 0 radical (unpaired) electrons. The van der Waals surface area contributed by atoms with Crippen molar-refractivity contribution in [2.75, 3.05) is 10.6 Å². The first-order valence-corrected chi connectivity index (χ1v) is 7.87. The van der Waals surface area contributed by atoms with E-state index in [2.05, 4.69) is 10.6 Å². The summed E-state index contributed by atoms with van der Waals surface area (Å²) in [6, 6.07) is 15.2. The molecule has 0 heterocycles. The summed E-state index contributed by atoms with van der Waals surface area (Å²) in [5.74, 6) is -0.602. The van der Waals surface area contributed by atoms with Crippen molar-refractivity contribution in [3.8, 4) is 0 Å². The average molecular weight is 336 g/mol. The van der Waals surface area contributed by atoms with Crippen LogP contribution in [0.15, 0.2) is 60.7 Å². The van der Waals surface area contributed by atoms with E-state index in [1.54, 1.807) is 0 Å². The van der Waals surface area contributed by atoms with E-state index in [1.807, 2.05) is 48.5 Å². The Labute approximate surface area is 146 Å². The van der Waals surface area contributed by atoms with Gasteiger partial charge in [-0.05, 0) is 54.8 Å². The minimum absolute atomic E-state index is 0.0940. The standard InChI is InChI=1S/C20H20N2O3/c1-14(23)3-12-20(25)22-19-10-6-17(7-11-19)13-16-4-8-18(9-5-16)21-15(2)24/h3-12H,13H2,1-2H3,(H,21,24)(H,22,25)/b12-3-. The number of hydrogen-bond donors (Lipinski definition) is 2. The van der Waals surface area contributed by atoms with Gasteiger partial charge in [0.1, 0.15) is 0 Å². The number of ketones is 1. The van der Waals surface area contributed by atoms with E-state index in [0.717, 1.165) is 23.2 Å². The molecule has 2 rings (SSSR count). The molecule has 5 nitrogen and oxygen atoms in total. The van der Waals surface area contributed by atoms with Gasteiger partial charge in [-0.1, -0.05) is 24.3 Å². The zero-order chi connectivity index (χ0) is 18.2. The Morgan fingerprint density at radius 2 is 1.24 bits per heavy atom. The van der Waals surface area contributed by atoms with Gasteiger partial charge in [0.25, 0.3) is 0 Å². The molecule has 0 aliphatic carbocycles. The summed E-state index contributed by atoms with van der Waals surface area (Å²) in [4.78, 5) is 33.4. The first-order valence-electron chi connectivity index (χ1n) is 7.87. The number of benzene rings is 2. The molecule has 0 saturated heterocycles. The Balaban J connectivity index is 1.94. The highest BCUT2D eigenvalue weighted by Crippen LogP contribution is 2.16. The normalized spacial score (nSPS) is 10.5. The maximum atomic E-state index is 11.6. The van der Waals surface area contributed by atoms with Crippen molar-refractivity contribution in [3.63, 3.8) is 0 Å². The van der Waals surface area contributed by atoms with Crippen LogP contribution < -0.4 is 10.6 Å². The number of carbonyl (C=O) groups excluding carboxylic acids is 3. The van der Waals surface area contributed by atoms with E-state index < -0.39 is 0 Å². The summed E-state index contributed by atoms with van der Waals surface area (Å²) in [6.45, 7) is 2.87. The number of nitrogens with one attached hydrogen (secondary N) is 2. The molecule has 2 N–H and O–H groups in total. The third-order valence-electron chi connectivity index (χ3n) is 3.37. The van der Waals surface area contributed by atoms with E-state index in [1.165, 1.54) is 26.0 Å². The molecule has 0 fully saturated rings. The number of carbonyl (C=O) groups is 3. The van der Waals surface area contributed by atoms with Gasteiger partial charge in [0.2, 0.25) is 11.8 Å². The predicted octanol–water partition coefficient (Wildman–Crippen LogP) is 3.32. The Hall–Kier alpha value is -3.21. The summed E-state index contributed by atoms with van der Waals surface area (Å²) in [7, 11) is 0. The van der Waals surface area contributed by atoms with Crippen molar-refractivity contribution >= 4 is 29.0 Å². The number of allylic oxidation sites excluding steroid dienone is 1. The SMILES string of the molecule is CC(=O)/C=C\C(=O)Nc1ccc(Cc2ccc(NC(C)=O)cc2)cc1. The average Bonchev–Trinajstić information content (AvgIpc) is 2.56. The summed E-state index contributed by atoms with van der Waals surface area (Å²) in [5.41, 5.74) is 3.66.